The highest BCUT2D eigenvalue weighted by atomic mass is 79.9. The van der Waals surface area contributed by atoms with Crippen molar-refractivity contribution in [1.29, 1.82) is 10.5 Å². The highest BCUT2D eigenvalue weighted by molar-refractivity contribution is 9.10. The molecule has 0 atom stereocenters. The molecular formula is C13H6BrFN4O2. The maximum atomic E-state index is 14.1. The number of nitriles is 2. The minimum absolute atomic E-state index is 0.144. The fraction of sp³-hybridized carbons (Fsp3) is 0. The number of hydrogen-bond donors (Lipinski definition) is 3. The molecule has 0 fully saturated rings. The second kappa shape index (κ2) is 5.27. The quantitative estimate of drug-likeness (QED) is 0.725. The zero-order valence-corrected chi connectivity index (χ0v) is 11.8. The van der Waals surface area contributed by atoms with E-state index in [1.165, 1.54) is 6.07 Å². The summed E-state index contributed by atoms with van der Waals surface area (Å²) in [5.41, 5.74) is 3.66. The van der Waals surface area contributed by atoms with Crippen LogP contribution in [0.25, 0.3) is 11.1 Å². The van der Waals surface area contributed by atoms with E-state index in [4.69, 9.17) is 16.3 Å². The fourth-order valence-corrected chi connectivity index (χ4v) is 2.18. The Morgan fingerprint density at radius 1 is 1.29 bits per heavy atom. The Morgan fingerprint density at radius 2 is 1.90 bits per heavy atom. The van der Waals surface area contributed by atoms with Crippen LogP contribution in [0.4, 0.5) is 10.2 Å². The molecule has 0 amide bonds. The molecule has 0 aliphatic heterocycles. The first-order valence-corrected chi connectivity index (χ1v) is 6.24. The maximum Gasteiger partial charge on any atom is 0.268 e. The van der Waals surface area contributed by atoms with Crippen molar-refractivity contribution in [3.8, 4) is 29.0 Å². The van der Waals surface area contributed by atoms with Gasteiger partial charge in [0.15, 0.2) is 0 Å². The molecule has 0 aliphatic rings. The minimum atomic E-state index is -0.895. The first kappa shape index (κ1) is 14.6. The lowest BCUT2D eigenvalue weighted by atomic mass is 9.96. The SMILES string of the molecule is N#Cc1c(N)[nH]c(=O)c(C#N)c1-c1cc(Br)c(O)cc1F. The molecule has 1 aromatic heterocycles. The zero-order chi connectivity index (χ0) is 15.7. The molecule has 0 radical (unpaired) electrons. The van der Waals surface area contributed by atoms with Gasteiger partial charge in [0.05, 0.1) is 4.47 Å². The Bertz CT molecular complexity index is 893. The molecule has 0 bridgehead atoms. The number of aromatic nitrogens is 1. The van der Waals surface area contributed by atoms with Crippen LogP contribution in [0.3, 0.4) is 0 Å². The molecule has 104 valence electrons. The lowest BCUT2D eigenvalue weighted by molar-refractivity contribution is 0.466. The fourth-order valence-electron chi connectivity index (χ4n) is 1.84. The second-order valence-corrected chi connectivity index (χ2v) is 4.85. The van der Waals surface area contributed by atoms with E-state index in [1.54, 1.807) is 12.1 Å². The highest BCUT2D eigenvalue weighted by Gasteiger charge is 2.21. The predicted octanol–water partition coefficient (Wildman–Crippen LogP) is 1.97. The molecule has 0 saturated carbocycles. The Kier molecular flexibility index (Phi) is 3.66. The molecule has 4 N–H and O–H groups in total. The summed E-state index contributed by atoms with van der Waals surface area (Å²) < 4.78 is 14.2. The lowest BCUT2D eigenvalue weighted by Gasteiger charge is -2.10. The Balaban J connectivity index is 3.00. The van der Waals surface area contributed by atoms with Crippen LogP contribution < -0.4 is 11.3 Å². The third-order valence-corrected chi connectivity index (χ3v) is 3.41. The van der Waals surface area contributed by atoms with Crippen LogP contribution in [0, 0.1) is 28.5 Å². The van der Waals surface area contributed by atoms with Crippen LogP contribution in [-0.2, 0) is 0 Å². The smallest absolute Gasteiger partial charge is 0.268 e. The minimum Gasteiger partial charge on any atom is -0.507 e. The summed E-state index contributed by atoms with van der Waals surface area (Å²) in [5, 5.41) is 27.6. The molecule has 2 rings (SSSR count). The molecule has 6 nitrogen and oxygen atoms in total. The number of H-pyrrole nitrogens is 1. The summed E-state index contributed by atoms with van der Waals surface area (Å²) in [4.78, 5) is 13.9. The van der Waals surface area contributed by atoms with Crippen molar-refractivity contribution in [3.05, 3.63) is 43.9 Å². The van der Waals surface area contributed by atoms with Crippen molar-refractivity contribution in [1.82, 2.24) is 4.98 Å². The molecule has 0 spiro atoms. The lowest BCUT2D eigenvalue weighted by Crippen LogP contribution is -2.16. The van der Waals surface area contributed by atoms with Crippen molar-refractivity contribution in [2.24, 2.45) is 0 Å². The summed E-state index contributed by atoms with van der Waals surface area (Å²) in [6, 6.07) is 5.34. The number of nitrogens with one attached hydrogen (secondary N) is 1. The molecule has 21 heavy (non-hydrogen) atoms. The predicted molar refractivity (Wildman–Crippen MR) is 75.7 cm³/mol. The number of halogens is 2. The van der Waals surface area contributed by atoms with Crippen LogP contribution in [0.5, 0.6) is 5.75 Å². The summed E-state index contributed by atoms with van der Waals surface area (Å²) in [5.74, 6) is -1.51. The van der Waals surface area contributed by atoms with E-state index in [-0.39, 0.29) is 32.7 Å². The van der Waals surface area contributed by atoms with Gasteiger partial charge in [-0.15, -0.1) is 0 Å². The molecular weight excluding hydrogens is 343 g/mol. The monoisotopic (exact) mass is 348 g/mol. The number of benzene rings is 1. The van der Waals surface area contributed by atoms with Crippen molar-refractivity contribution in [2.45, 2.75) is 0 Å². The van der Waals surface area contributed by atoms with Gasteiger partial charge < -0.3 is 15.8 Å². The average molecular weight is 349 g/mol. The van der Waals surface area contributed by atoms with Gasteiger partial charge >= 0.3 is 0 Å². The van der Waals surface area contributed by atoms with Gasteiger partial charge in [-0.05, 0) is 22.0 Å². The van der Waals surface area contributed by atoms with E-state index in [9.17, 15) is 14.3 Å². The topological polar surface area (TPSA) is 127 Å². The third-order valence-electron chi connectivity index (χ3n) is 2.77. The number of hydrogen-bond acceptors (Lipinski definition) is 5. The van der Waals surface area contributed by atoms with E-state index < -0.39 is 16.9 Å². The van der Waals surface area contributed by atoms with Crippen LogP contribution in [0.15, 0.2) is 21.4 Å². The van der Waals surface area contributed by atoms with Gasteiger partial charge in [-0.1, -0.05) is 0 Å². The molecule has 2 aromatic rings. The molecule has 0 aliphatic carbocycles. The summed E-state index contributed by atoms with van der Waals surface area (Å²) in [7, 11) is 0. The molecule has 0 saturated heterocycles. The Morgan fingerprint density at radius 3 is 2.48 bits per heavy atom. The number of phenols is 1. The average Bonchev–Trinajstić information content (AvgIpc) is 2.42. The van der Waals surface area contributed by atoms with Gasteiger partial charge in [0.2, 0.25) is 0 Å². The van der Waals surface area contributed by atoms with Crippen LogP contribution in [-0.4, -0.2) is 10.1 Å². The van der Waals surface area contributed by atoms with Gasteiger partial charge in [0.1, 0.15) is 40.6 Å². The van der Waals surface area contributed by atoms with Gasteiger partial charge in [0, 0.05) is 17.2 Å². The maximum absolute atomic E-state index is 14.1. The number of nitrogens with zero attached hydrogens (tertiary/aromatic N) is 2. The zero-order valence-electron chi connectivity index (χ0n) is 10.2. The summed E-state index contributed by atoms with van der Waals surface area (Å²) in [6.07, 6.45) is 0. The number of aromatic hydroxyl groups is 1. The van der Waals surface area contributed by atoms with E-state index >= 15 is 0 Å². The van der Waals surface area contributed by atoms with Crippen molar-refractivity contribution in [3.63, 3.8) is 0 Å². The number of nitrogens with two attached hydrogens (primary N) is 1. The second-order valence-electron chi connectivity index (χ2n) is 4.00. The largest absolute Gasteiger partial charge is 0.507 e. The number of aromatic amines is 1. The van der Waals surface area contributed by atoms with Gasteiger partial charge in [-0.3, -0.25) is 4.79 Å². The van der Waals surface area contributed by atoms with Gasteiger partial charge in [-0.25, -0.2) is 4.39 Å². The molecule has 1 heterocycles. The van der Waals surface area contributed by atoms with Crippen molar-refractivity contribution in [2.75, 3.05) is 5.73 Å². The van der Waals surface area contributed by atoms with Gasteiger partial charge in [0.25, 0.3) is 5.56 Å². The number of anilines is 1. The normalized spacial score (nSPS) is 9.90. The molecule has 8 heteroatoms. The van der Waals surface area contributed by atoms with Gasteiger partial charge in [-0.2, -0.15) is 10.5 Å². The number of pyridine rings is 1. The van der Waals surface area contributed by atoms with E-state index in [0.717, 1.165) is 6.07 Å². The van der Waals surface area contributed by atoms with E-state index in [2.05, 4.69) is 20.9 Å². The van der Waals surface area contributed by atoms with Crippen molar-refractivity contribution < 1.29 is 9.50 Å². The van der Waals surface area contributed by atoms with Crippen LogP contribution in [0.2, 0.25) is 0 Å². The number of rotatable bonds is 1. The van der Waals surface area contributed by atoms with Crippen LogP contribution in [0.1, 0.15) is 11.1 Å². The van der Waals surface area contributed by atoms with E-state index in [0.29, 0.717) is 0 Å². The van der Waals surface area contributed by atoms with Crippen LogP contribution >= 0.6 is 15.9 Å². The van der Waals surface area contributed by atoms with Crippen molar-refractivity contribution >= 4 is 21.7 Å². The number of phenolic OH excluding ortho intramolecular Hbond substituents is 1. The Labute approximate surface area is 126 Å². The Hall–Kier alpha value is -2.84. The highest BCUT2D eigenvalue weighted by Crippen LogP contribution is 2.35. The van der Waals surface area contributed by atoms with E-state index in [1.807, 2.05) is 0 Å². The first-order chi connectivity index (χ1) is 9.90. The first-order valence-electron chi connectivity index (χ1n) is 5.45. The number of nitrogen functional groups attached to an aromatic ring is 1. The summed E-state index contributed by atoms with van der Waals surface area (Å²) in [6.45, 7) is 0. The standard InChI is InChI=1S/C13H6BrFN4O2/c14-8-1-5(9(15)2-10(8)20)11-6(3-16)12(18)19-13(21)7(11)4-17/h1-2,20H,(H3,18,19,21). The molecule has 0 unspecified atom stereocenters. The third kappa shape index (κ3) is 2.33. The molecule has 1 aromatic carbocycles. The summed E-state index contributed by atoms with van der Waals surface area (Å²) >= 11 is 3.01.